The number of carbonyl (C=O) groups excluding carboxylic acids is 1. The van der Waals surface area contributed by atoms with Crippen molar-refractivity contribution < 1.29 is 9.53 Å². The van der Waals surface area contributed by atoms with Crippen LogP contribution in [0.4, 0.5) is 0 Å². The Morgan fingerprint density at radius 2 is 1.95 bits per heavy atom. The second-order valence-corrected chi connectivity index (χ2v) is 5.44. The Morgan fingerprint density at radius 3 is 2.52 bits per heavy atom. The average Bonchev–Trinajstić information content (AvgIpc) is 2.48. The van der Waals surface area contributed by atoms with E-state index in [2.05, 4.69) is 10.3 Å². The number of methoxy groups -OCH3 is 1. The van der Waals surface area contributed by atoms with Gasteiger partial charge in [0.05, 0.1) is 19.1 Å². The van der Waals surface area contributed by atoms with Crippen molar-refractivity contribution in [3.8, 4) is 5.75 Å². The molecule has 0 saturated carbocycles. The summed E-state index contributed by atoms with van der Waals surface area (Å²) in [6, 6.07) is 11.3. The van der Waals surface area contributed by atoms with Crippen molar-refractivity contribution >= 4 is 5.91 Å². The second kappa shape index (κ2) is 6.39. The lowest BCUT2D eigenvalue weighted by Crippen LogP contribution is -2.41. The van der Waals surface area contributed by atoms with Crippen LogP contribution < -0.4 is 10.1 Å². The highest BCUT2D eigenvalue weighted by Crippen LogP contribution is 2.19. The first-order chi connectivity index (χ1) is 10.0. The molecule has 0 aliphatic heterocycles. The molecule has 4 heteroatoms. The fourth-order valence-corrected chi connectivity index (χ4v) is 2.13. The maximum atomic E-state index is 12.2. The molecule has 0 saturated heterocycles. The molecule has 0 bridgehead atoms. The van der Waals surface area contributed by atoms with Crippen LogP contribution in [0.25, 0.3) is 0 Å². The predicted molar refractivity (Wildman–Crippen MR) is 82.1 cm³/mol. The Balaban J connectivity index is 2.00. The molecule has 21 heavy (non-hydrogen) atoms. The molecule has 0 spiro atoms. The van der Waals surface area contributed by atoms with Crippen LogP contribution in [0.5, 0.6) is 5.75 Å². The number of carbonyl (C=O) groups is 1. The third kappa shape index (κ3) is 4.05. The lowest BCUT2D eigenvalue weighted by Gasteiger charge is -2.26. The van der Waals surface area contributed by atoms with E-state index in [1.165, 1.54) is 0 Å². The van der Waals surface area contributed by atoms with E-state index in [0.29, 0.717) is 6.42 Å². The highest BCUT2D eigenvalue weighted by molar-refractivity contribution is 5.79. The topological polar surface area (TPSA) is 51.2 Å². The van der Waals surface area contributed by atoms with E-state index in [9.17, 15) is 4.79 Å². The van der Waals surface area contributed by atoms with Gasteiger partial charge in [0.25, 0.3) is 0 Å². The van der Waals surface area contributed by atoms with Crippen molar-refractivity contribution in [1.82, 2.24) is 10.3 Å². The summed E-state index contributed by atoms with van der Waals surface area (Å²) in [5.41, 5.74) is 1.49. The number of nitrogens with one attached hydrogen (secondary N) is 1. The quantitative estimate of drug-likeness (QED) is 0.918. The van der Waals surface area contributed by atoms with Crippen LogP contribution in [0.1, 0.15) is 25.0 Å². The molecule has 1 aromatic carbocycles. The van der Waals surface area contributed by atoms with Crippen molar-refractivity contribution in [2.45, 2.75) is 25.8 Å². The third-order valence-electron chi connectivity index (χ3n) is 3.36. The molecule has 1 N–H and O–H groups in total. The van der Waals surface area contributed by atoms with E-state index in [4.69, 9.17) is 4.74 Å². The molecule has 0 atom stereocenters. The van der Waals surface area contributed by atoms with Crippen molar-refractivity contribution in [3.05, 3.63) is 59.9 Å². The molecule has 1 amide bonds. The number of ether oxygens (including phenoxy) is 1. The number of aromatic nitrogens is 1. The molecule has 0 fully saturated rings. The minimum Gasteiger partial charge on any atom is -0.497 e. The van der Waals surface area contributed by atoms with E-state index in [1.54, 1.807) is 19.5 Å². The third-order valence-corrected chi connectivity index (χ3v) is 3.36. The number of hydrogen-bond acceptors (Lipinski definition) is 3. The molecule has 0 aliphatic carbocycles. The van der Waals surface area contributed by atoms with Gasteiger partial charge in [0.15, 0.2) is 0 Å². The van der Waals surface area contributed by atoms with Gasteiger partial charge in [-0.15, -0.1) is 0 Å². The fraction of sp³-hybridized carbons (Fsp3) is 0.294. The summed E-state index contributed by atoms with van der Waals surface area (Å²) in [6.45, 7) is 3.94. The molecular weight excluding hydrogens is 264 g/mol. The van der Waals surface area contributed by atoms with Crippen LogP contribution in [0, 0.1) is 0 Å². The van der Waals surface area contributed by atoms with Gasteiger partial charge in [-0.25, -0.2) is 0 Å². The summed E-state index contributed by atoms with van der Waals surface area (Å²) in [4.78, 5) is 16.3. The largest absolute Gasteiger partial charge is 0.497 e. The second-order valence-electron chi connectivity index (χ2n) is 5.44. The van der Waals surface area contributed by atoms with Crippen LogP contribution in [0.15, 0.2) is 48.8 Å². The molecule has 1 aromatic heterocycles. The Bertz CT molecular complexity index is 592. The summed E-state index contributed by atoms with van der Waals surface area (Å²) in [7, 11) is 1.62. The summed E-state index contributed by atoms with van der Waals surface area (Å²) in [5.74, 6) is 0.767. The van der Waals surface area contributed by atoms with Gasteiger partial charge in [-0.2, -0.15) is 0 Å². The van der Waals surface area contributed by atoms with Crippen molar-refractivity contribution in [2.75, 3.05) is 7.11 Å². The first kappa shape index (κ1) is 15.0. The van der Waals surface area contributed by atoms with E-state index < -0.39 is 5.54 Å². The molecule has 2 rings (SSSR count). The Labute approximate surface area is 125 Å². The minimum absolute atomic E-state index is 0.0194. The van der Waals surface area contributed by atoms with Crippen molar-refractivity contribution in [3.63, 3.8) is 0 Å². The van der Waals surface area contributed by atoms with Gasteiger partial charge < -0.3 is 10.1 Å². The van der Waals surface area contributed by atoms with Crippen LogP contribution in [0.3, 0.4) is 0 Å². The Morgan fingerprint density at radius 1 is 1.24 bits per heavy atom. The summed E-state index contributed by atoms with van der Waals surface area (Å²) in [6.07, 6.45) is 3.83. The minimum atomic E-state index is -0.447. The van der Waals surface area contributed by atoms with Crippen molar-refractivity contribution in [2.24, 2.45) is 0 Å². The Hall–Kier alpha value is -2.36. The molecule has 2 aromatic rings. The zero-order chi connectivity index (χ0) is 15.3. The lowest BCUT2D eigenvalue weighted by atomic mass is 9.95. The molecule has 0 unspecified atom stereocenters. The van der Waals surface area contributed by atoms with Crippen LogP contribution in [-0.4, -0.2) is 18.0 Å². The van der Waals surface area contributed by atoms with E-state index >= 15 is 0 Å². The lowest BCUT2D eigenvalue weighted by molar-refractivity contribution is -0.122. The highest BCUT2D eigenvalue weighted by Gasteiger charge is 2.22. The van der Waals surface area contributed by atoms with Crippen molar-refractivity contribution in [1.29, 1.82) is 0 Å². The first-order valence-electron chi connectivity index (χ1n) is 6.86. The van der Waals surface area contributed by atoms with E-state index in [-0.39, 0.29) is 5.91 Å². The maximum absolute atomic E-state index is 12.2. The SMILES string of the molecule is COc1ccc(CC(=O)NC(C)(C)c2cccnc2)cc1. The normalized spacial score (nSPS) is 11.0. The number of amides is 1. The van der Waals surface area contributed by atoms with Crippen LogP contribution in [0.2, 0.25) is 0 Å². The molecule has 110 valence electrons. The van der Waals surface area contributed by atoms with Gasteiger partial charge in [0.2, 0.25) is 5.91 Å². The molecule has 0 aliphatic rings. The van der Waals surface area contributed by atoms with Gasteiger partial charge in [-0.05, 0) is 43.2 Å². The van der Waals surface area contributed by atoms with Gasteiger partial charge in [0.1, 0.15) is 5.75 Å². The maximum Gasteiger partial charge on any atom is 0.225 e. The average molecular weight is 284 g/mol. The zero-order valence-corrected chi connectivity index (χ0v) is 12.6. The Kier molecular flexibility index (Phi) is 4.58. The number of rotatable bonds is 5. The van der Waals surface area contributed by atoms with Crippen LogP contribution >= 0.6 is 0 Å². The monoisotopic (exact) mass is 284 g/mol. The zero-order valence-electron chi connectivity index (χ0n) is 12.6. The number of hydrogen-bond donors (Lipinski definition) is 1. The van der Waals surface area contributed by atoms with E-state index in [0.717, 1.165) is 16.9 Å². The standard InChI is InChI=1S/C17H20N2O2/c1-17(2,14-5-4-10-18-12-14)19-16(20)11-13-6-8-15(21-3)9-7-13/h4-10,12H,11H2,1-3H3,(H,19,20). The molecule has 4 nitrogen and oxygen atoms in total. The first-order valence-corrected chi connectivity index (χ1v) is 6.86. The predicted octanol–water partition coefficient (Wildman–Crippen LogP) is 2.68. The summed E-state index contributed by atoms with van der Waals surface area (Å²) < 4.78 is 5.11. The number of benzene rings is 1. The summed E-state index contributed by atoms with van der Waals surface area (Å²) >= 11 is 0. The highest BCUT2D eigenvalue weighted by atomic mass is 16.5. The molecule has 0 radical (unpaired) electrons. The van der Waals surface area contributed by atoms with Crippen LogP contribution in [-0.2, 0) is 16.8 Å². The van der Waals surface area contributed by atoms with Gasteiger partial charge >= 0.3 is 0 Å². The number of nitrogens with zero attached hydrogens (tertiary/aromatic N) is 1. The fourth-order valence-electron chi connectivity index (χ4n) is 2.13. The van der Waals surface area contributed by atoms with Gasteiger partial charge in [-0.3, -0.25) is 9.78 Å². The summed E-state index contributed by atoms with van der Waals surface area (Å²) in [5, 5.41) is 3.04. The van der Waals surface area contributed by atoms with Gasteiger partial charge in [-0.1, -0.05) is 18.2 Å². The van der Waals surface area contributed by atoms with Gasteiger partial charge in [0, 0.05) is 12.4 Å². The molecule has 1 heterocycles. The molecular formula is C17H20N2O2. The smallest absolute Gasteiger partial charge is 0.225 e. The number of pyridine rings is 1. The van der Waals surface area contributed by atoms with E-state index in [1.807, 2.05) is 50.2 Å².